The number of aliphatic hydroxyl groups is 2. The van der Waals surface area contributed by atoms with Crippen LogP contribution in [0.5, 0.6) is 5.75 Å². The van der Waals surface area contributed by atoms with Gasteiger partial charge in [0.1, 0.15) is 17.3 Å². The van der Waals surface area contributed by atoms with E-state index in [-0.39, 0.29) is 68.8 Å². The molecule has 0 heterocycles. The lowest BCUT2D eigenvalue weighted by Crippen LogP contribution is -2.32. The molecule has 1 aliphatic carbocycles. The van der Waals surface area contributed by atoms with Gasteiger partial charge < -0.3 is 26.1 Å². The van der Waals surface area contributed by atoms with Crippen LogP contribution in [-0.2, 0) is 16.0 Å². The second-order valence-corrected chi connectivity index (χ2v) is 8.78. The highest BCUT2D eigenvalue weighted by molar-refractivity contribution is 6.02. The van der Waals surface area contributed by atoms with E-state index in [2.05, 4.69) is 12.2 Å². The maximum absolute atomic E-state index is 12.9. The van der Waals surface area contributed by atoms with Crippen molar-refractivity contribution in [3.8, 4) is 5.75 Å². The number of phenols is 1. The van der Waals surface area contributed by atoms with Gasteiger partial charge in [0.2, 0.25) is 0 Å². The first-order valence-electron chi connectivity index (χ1n) is 11.1. The van der Waals surface area contributed by atoms with Crippen LogP contribution in [0.2, 0.25) is 0 Å². The topological polar surface area (TPSA) is 155 Å². The molecule has 32 heavy (non-hydrogen) atoms. The number of carbonyl (C=O) groups is 3. The number of hydrogen-bond acceptors (Lipinski definition) is 7. The molecule has 6 N–H and O–H groups in total. The molecule has 4 atom stereocenters. The summed E-state index contributed by atoms with van der Waals surface area (Å²) in [5.74, 6) is -1.91. The fourth-order valence-corrected chi connectivity index (χ4v) is 4.52. The van der Waals surface area contributed by atoms with E-state index in [4.69, 9.17) is 0 Å². The Kier molecular flexibility index (Phi) is 11.0. The third-order valence-corrected chi connectivity index (χ3v) is 6.29. The Balaban J connectivity index is 0. The van der Waals surface area contributed by atoms with Crippen LogP contribution in [0.15, 0.2) is 12.1 Å². The SMILES string of the molecule is CCC(C)Nc1ccc(O)c2c1CC(CC(CCO)C(CO)C(=O)CC(C)=O)CC2=O.O.[HH].[HH]. The van der Waals surface area contributed by atoms with Crippen LogP contribution in [0.3, 0.4) is 0 Å². The van der Waals surface area contributed by atoms with Gasteiger partial charge >= 0.3 is 0 Å². The second kappa shape index (κ2) is 12.7. The first kappa shape index (κ1) is 27.7. The van der Waals surface area contributed by atoms with Crippen LogP contribution in [0.1, 0.15) is 71.7 Å². The Morgan fingerprint density at radius 3 is 2.50 bits per heavy atom. The zero-order chi connectivity index (χ0) is 23.1. The van der Waals surface area contributed by atoms with E-state index in [9.17, 15) is 29.7 Å². The van der Waals surface area contributed by atoms with E-state index in [1.165, 1.54) is 6.92 Å². The molecule has 0 saturated carbocycles. The summed E-state index contributed by atoms with van der Waals surface area (Å²) in [5.41, 5.74) is 1.96. The standard InChI is InChI=1S/C24H35NO6.H2O.2H2/c1-4-14(2)25-20-5-6-21(29)24-18(20)11-16(12-23(24)31)10-17(7-8-26)19(13-27)22(30)9-15(3)28;;;/h5-6,14,16-17,19,25-27,29H,4,7-13H2,1-3H3;1H2;2*1H. The molecule has 0 aromatic heterocycles. The summed E-state index contributed by atoms with van der Waals surface area (Å²) in [5, 5.41) is 33.0. The number of aromatic hydroxyl groups is 1. The van der Waals surface area contributed by atoms with E-state index >= 15 is 0 Å². The zero-order valence-electron chi connectivity index (χ0n) is 19.2. The highest BCUT2D eigenvalue weighted by Gasteiger charge is 2.35. The molecule has 0 bridgehead atoms. The van der Waals surface area contributed by atoms with Crippen molar-refractivity contribution >= 4 is 23.0 Å². The van der Waals surface area contributed by atoms with E-state index in [1.807, 2.05) is 6.92 Å². The highest BCUT2D eigenvalue weighted by Crippen LogP contribution is 2.40. The number of anilines is 1. The van der Waals surface area contributed by atoms with Crippen molar-refractivity contribution in [2.75, 3.05) is 18.5 Å². The number of rotatable bonds is 12. The van der Waals surface area contributed by atoms with E-state index < -0.39 is 12.5 Å². The van der Waals surface area contributed by atoms with Crippen LogP contribution >= 0.6 is 0 Å². The molecule has 0 radical (unpaired) electrons. The van der Waals surface area contributed by atoms with Crippen molar-refractivity contribution in [2.45, 2.75) is 65.3 Å². The number of nitrogens with one attached hydrogen (secondary N) is 1. The fourth-order valence-electron chi connectivity index (χ4n) is 4.52. The van der Waals surface area contributed by atoms with E-state index in [0.717, 1.165) is 17.7 Å². The predicted octanol–water partition coefficient (Wildman–Crippen LogP) is 2.56. The lowest BCUT2D eigenvalue weighted by atomic mass is 9.73. The Bertz CT molecular complexity index is 819. The molecule has 8 heteroatoms. The Hall–Kier alpha value is -2.29. The minimum absolute atomic E-state index is 0. The molecule has 2 rings (SSSR count). The van der Waals surface area contributed by atoms with Crippen molar-refractivity contribution in [3.63, 3.8) is 0 Å². The fraction of sp³-hybridized carbons (Fsp3) is 0.625. The summed E-state index contributed by atoms with van der Waals surface area (Å²) >= 11 is 0. The summed E-state index contributed by atoms with van der Waals surface area (Å²) < 4.78 is 0. The second-order valence-electron chi connectivity index (χ2n) is 8.78. The lowest BCUT2D eigenvalue weighted by Gasteiger charge is -2.32. The van der Waals surface area contributed by atoms with Gasteiger partial charge in [-0.1, -0.05) is 6.92 Å². The maximum Gasteiger partial charge on any atom is 0.167 e. The quantitative estimate of drug-likeness (QED) is 0.279. The van der Waals surface area contributed by atoms with Gasteiger partial charge in [0.15, 0.2) is 5.78 Å². The summed E-state index contributed by atoms with van der Waals surface area (Å²) in [6.45, 7) is 4.90. The molecule has 0 spiro atoms. The minimum atomic E-state index is -0.741. The number of ketones is 3. The van der Waals surface area contributed by atoms with Crippen LogP contribution < -0.4 is 5.32 Å². The van der Waals surface area contributed by atoms with Gasteiger partial charge in [-0.3, -0.25) is 14.4 Å². The van der Waals surface area contributed by atoms with Gasteiger partial charge in [-0.05, 0) is 69.1 Å². The summed E-state index contributed by atoms with van der Waals surface area (Å²) in [6, 6.07) is 3.53. The van der Waals surface area contributed by atoms with Crippen LogP contribution in [0.4, 0.5) is 5.69 Å². The average Bonchev–Trinajstić information content (AvgIpc) is 2.69. The van der Waals surface area contributed by atoms with Crippen molar-refractivity contribution < 1.29 is 38.0 Å². The van der Waals surface area contributed by atoms with Crippen molar-refractivity contribution in [3.05, 3.63) is 23.3 Å². The molecular formula is C24H41NO7. The minimum Gasteiger partial charge on any atom is -0.507 e. The zero-order valence-corrected chi connectivity index (χ0v) is 19.2. The number of aliphatic hydroxyl groups excluding tert-OH is 2. The van der Waals surface area contributed by atoms with Crippen LogP contribution in [0.25, 0.3) is 0 Å². The first-order chi connectivity index (χ1) is 14.7. The number of benzene rings is 1. The Labute approximate surface area is 192 Å². The molecule has 4 unspecified atom stereocenters. The van der Waals surface area contributed by atoms with Crippen LogP contribution in [-0.4, -0.2) is 57.4 Å². The Morgan fingerprint density at radius 1 is 1.25 bits per heavy atom. The van der Waals surface area contributed by atoms with E-state index in [1.54, 1.807) is 12.1 Å². The molecule has 0 saturated heterocycles. The van der Waals surface area contributed by atoms with Gasteiger partial charge in [-0.25, -0.2) is 0 Å². The third kappa shape index (κ3) is 6.85. The van der Waals surface area contributed by atoms with Crippen molar-refractivity contribution in [2.24, 2.45) is 17.8 Å². The lowest BCUT2D eigenvalue weighted by molar-refractivity contribution is -0.131. The van der Waals surface area contributed by atoms with Crippen LogP contribution in [0, 0.1) is 17.8 Å². The molecule has 1 aromatic carbocycles. The summed E-state index contributed by atoms with van der Waals surface area (Å²) in [4.78, 5) is 36.8. The third-order valence-electron chi connectivity index (χ3n) is 6.29. The molecule has 0 fully saturated rings. The molecule has 1 aromatic rings. The molecule has 0 amide bonds. The highest BCUT2D eigenvalue weighted by atomic mass is 16.3. The first-order valence-corrected chi connectivity index (χ1v) is 11.1. The maximum atomic E-state index is 12.9. The van der Waals surface area contributed by atoms with Crippen molar-refractivity contribution in [1.29, 1.82) is 0 Å². The largest absolute Gasteiger partial charge is 0.507 e. The van der Waals surface area contributed by atoms with Gasteiger partial charge in [-0.2, -0.15) is 0 Å². The van der Waals surface area contributed by atoms with Gasteiger partial charge in [0.25, 0.3) is 0 Å². The molecule has 1 aliphatic rings. The molecule has 184 valence electrons. The molecule has 0 aliphatic heterocycles. The predicted molar refractivity (Wildman–Crippen MR) is 126 cm³/mol. The summed E-state index contributed by atoms with van der Waals surface area (Å²) in [6.07, 6.45) is 2.23. The number of carbonyl (C=O) groups excluding carboxylic acids is 3. The van der Waals surface area contributed by atoms with Gasteiger partial charge in [-0.15, -0.1) is 0 Å². The van der Waals surface area contributed by atoms with Gasteiger partial charge in [0.05, 0.1) is 18.6 Å². The monoisotopic (exact) mass is 455 g/mol. The molecular weight excluding hydrogens is 414 g/mol. The van der Waals surface area contributed by atoms with Crippen molar-refractivity contribution in [1.82, 2.24) is 0 Å². The van der Waals surface area contributed by atoms with Gasteiger partial charge in [0, 0.05) is 33.5 Å². The molecule has 8 nitrogen and oxygen atoms in total. The average molecular weight is 456 g/mol. The normalized spacial score (nSPS) is 18.2. The number of hydrogen-bond donors (Lipinski definition) is 4. The number of fused-ring (bicyclic) bond motifs is 1. The van der Waals surface area contributed by atoms with E-state index in [0.29, 0.717) is 24.8 Å². The smallest absolute Gasteiger partial charge is 0.167 e. The number of Topliss-reactive ketones (excluding diaryl/α,β-unsaturated/α-hetero) is 3. The number of phenolic OH excluding ortho intramolecular Hbond substituents is 1. The Morgan fingerprint density at radius 2 is 1.94 bits per heavy atom. The summed E-state index contributed by atoms with van der Waals surface area (Å²) in [7, 11) is 0.